The number of carbonyl (C=O) groups excluding carboxylic acids is 1. The smallest absolute Gasteiger partial charge is 0.277 e. The third-order valence-corrected chi connectivity index (χ3v) is 5.71. The summed E-state index contributed by atoms with van der Waals surface area (Å²) in [7, 11) is 0. The summed E-state index contributed by atoms with van der Waals surface area (Å²) in [4.78, 5) is 17.1. The highest BCUT2D eigenvalue weighted by Gasteiger charge is 2.23. The number of para-hydroxylation sites is 1. The monoisotopic (exact) mass is 374 g/mol. The SMILES string of the molecule is C[C@H]([NH2+]CC(=O)N1CCN(c2ccccc2)CC1)c1cccc2ccccc12. The second kappa shape index (κ2) is 8.44. The number of nitrogens with zero attached hydrogens (tertiary/aromatic N) is 2. The molecule has 1 atom stereocenters. The molecular weight excluding hydrogens is 346 g/mol. The summed E-state index contributed by atoms with van der Waals surface area (Å²) in [5.41, 5.74) is 2.53. The Labute approximate surface area is 166 Å². The van der Waals surface area contributed by atoms with Crippen molar-refractivity contribution in [1.29, 1.82) is 0 Å². The maximum atomic E-state index is 12.7. The lowest BCUT2D eigenvalue weighted by Crippen LogP contribution is -2.87. The van der Waals surface area contributed by atoms with Crippen LogP contribution in [0.2, 0.25) is 0 Å². The number of carbonyl (C=O) groups is 1. The minimum absolute atomic E-state index is 0.236. The van der Waals surface area contributed by atoms with Crippen LogP contribution in [-0.4, -0.2) is 43.5 Å². The standard InChI is InChI=1S/C24H27N3O/c1-19(22-13-7-9-20-8-5-6-12-23(20)22)25-18-24(28)27-16-14-26(15-17-27)21-10-3-2-4-11-21/h2-13,19,25H,14-18H2,1H3/p+1/t19-/m0/s1. The first-order valence-electron chi connectivity index (χ1n) is 10.1. The van der Waals surface area contributed by atoms with Gasteiger partial charge in [0.15, 0.2) is 6.54 Å². The van der Waals surface area contributed by atoms with Gasteiger partial charge in [0.1, 0.15) is 6.04 Å². The normalized spacial score (nSPS) is 15.6. The van der Waals surface area contributed by atoms with Gasteiger partial charge in [0.2, 0.25) is 0 Å². The minimum atomic E-state index is 0.236. The van der Waals surface area contributed by atoms with Crippen LogP contribution in [0.4, 0.5) is 5.69 Å². The number of quaternary nitrogens is 1. The Morgan fingerprint density at radius 2 is 1.57 bits per heavy atom. The Morgan fingerprint density at radius 3 is 2.36 bits per heavy atom. The largest absolute Gasteiger partial charge is 0.368 e. The number of fused-ring (bicyclic) bond motifs is 1. The lowest BCUT2D eigenvalue weighted by Gasteiger charge is -2.36. The maximum Gasteiger partial charge on any atom is 0.277 e. The van der Waals surface area contributed by atoms with Gasteiger partial charge in [-0.2, -0.15) is 0 Å². The molecule has 1 fully saturated rings. The zero-order chi connectivity index (χ0) is 19.3. The molecule has 4 nitrogen and oxygen atoms in total. The molecule has 0 bridgehead atoms. The van der Waals surface area contributed by atoms with E-state index in [-0.39, 0.29) is 11.9 Å². The number of amides is 1. The number of piperazine rings is 1. The summed E-state index contributed by atoms with van der Waals surface area (Å²) < 4.78 is 0. The van der Waals surface area contributed by atoms with Crippen LogP contribution in [0.1, 0.15) is 18.5 Å². The van der Waals surface area contributed by atoms with Crippen LogP contribution in [0.25, 0.3) is 10.8 Å². The summed E-state index contributed by atoms with van der Waals surface area (Å²) in [6, 6.07) is 25.6. The van der Waals surface area contributed by atoms with Gasteiger partial charge in [0, 0.05) is 37.4 Å². The van der Waals surface area contributed by atoms with E-state index in [1.54, 1.807) is 0 Å². The van der Waals surface area contributed by atoms with Crippen LogP contribution in [0.3, 0.4) is 0 Å². The number of anilines is 1. The fraction of sp³-hybridized carbons (Fsp3) is 0.292. The van der Waals surface area contributed by atoms with Crippen LogP contribution in [0, 0.1) is 0 Å². The summed E-state index contributed by atoms with van der Waals surface area (Å²) in [5.74, 6) is 0.236. The van der Waals surface area contributed by atoms with E-state index in [0.29, 0.717) is 6.54 Å². The summed E-state index contributed by atoms with van der Waals surface area (Å²) >= 11 is 0. The van der Waals surface area contributed by atoms with E-state index >= 15 is 0 Å². The molecule has 1 heterocycles. The van der Waals surface area contributed by atoms with Crippen molar-refractivity contribution in [3.05, 3.63) is 78.4 Å². The number of benzene rings is 3. The van der Waals surface area contributed by atoms with Gasteiger partial charge in [-0.25, -0.2) is 0 Å². The Bertz CT molecular complexity index is 927. The zero-order valence-corrected chi connectivity index (χ0v) is 16.4. The topological polar surface area (TPSA) is 40.2 Å². The second-order valence-electron chi connectivity index (χ2n) is 7.50. The van der Waals surface area contributed by atoms with Crippen LogP contribution in [0.15, 0.2) is 72.8 Å². The first-order valence-corrected chi connectivity index (χ1v) is 10.1. The molecule has 4 rings (SSSR count). The number of nitrogens with two attached hydrogens (primary N) is 1. The molecule has 0 spiro atoms. The maximum absolute atomic E-state index is 12.7. The van der Waals surface area contributed by atoms with Crippen molar-refractivity contribution in [2.45, 2.75) is 13.0 Å². The Kier molecular flexibility index (Phi) is 5.58. The predicted octanol–water partition coefficient (Wildman–Crippen LogP) is 2.81. The van der Waals surface area contributed by atoms with Crippen molar-refractivity contribution < 1.29 is 10.1 Å². The van der Waals surface area contributed by atoms with E-state index in [4.69, 9.17) is 0 Å². The van der Waals surface area contributed by atoms with Gasteiger partial charge in [-0.1, -0.05) is 60.7 Å². The van der Waals surface area contributed by atoms with Crippen molar-refractivity contribution in [3.63, 3.8) is 0 Å². The number of hydrogen-bond donors (Lipinski definition) is 1. The first-order chi connectivity index (χ1) is 13.7. The molecule has 1 saturated heterocycles. The third kappa shape index (κ3) is 4.02. The van der Waals surface area contributed by atoms with Gasteiger partial charge in [-0.3, -0.25) is 4.79 Å². The average Bonchev–Trinajstić information content (AvgIpc) is 2.77. The first kappa shape index (κ1) is 18.5. The third-order valence-electron chi connectivity index (χ3n) is 5.71. The molecule has 1 aliphatic heterocycles. The van der Waals surface area contributed by atoms with Gasteiger partial charge in [0.05, 0.1) is 0 Å². The summed E-state index contributed by atoms with van der Waals surface area (Å²) in [6.07, 6.45) is 0. The van der Waals surface area contributed by atoms with Gasteiger partial charge in [-0.15, -0.1) is 0 Å². The van der Waals surface area contributed by atoms with Crippen LogP contribution in [0.5, 0.6) is 0 Å². The average molecular weight is 375 g/mol. The summed E-state index contributed by atoms with van der Waals surface area (Å²) in [5, 5.41) is 4.69. The molecule has 4 heteroatoms. The molecule has 0 unspecified atom stereocenters. The number of rotatable bonds is 5. The Balaban J connectivity index is 1.32. The fourth-order valence-electron chi connectivity index (χ4n) is 4.03. The molecule has 0 aliphatic carbocycles. The van der Waals surface area contributed by atoms with Crippen LogP contribution in [-0.2, 0) is 4.79 Å². The van der Waals surface area contributed by atoms with Crippen molar-refractivity contribution in [1.82, 2.24) is 4.90 Å². The molecule has 144 valence electrons. The van der Waals surface area contributed by atoms with E-state index in [1.165, 1.54) is 22.0 Å². The molecule has 1 amide bonds. The van der Waals surface area contributed by atoms with Crippen molar-refractivity contribution in [3.8, 4) is 0 Å². The predicted molar refractivity (Wildman–Crippen MR) is 114 cm³/mol. The molecule has 0 radical (unpaired) electrons. The van der Waals surface area contributed by atoms with E-state index < -0.39 is 0 Å². The van der Waals surface area contributed by atoms with Gasteiger partial charge in [0.25, 0.3) is 5.91 Å². The minimum Gasteiger partial charge on any atom is -0.368 e. The van der Waals surface area contributed by atoms with Crippen LogP contribution >= 0.6 is 0 Å². The Morgan fingerprint density at radius 1 is 0.893 bits per heavy atom. The molecule has 3 aromatic carbocycles. The van der Waals surface area contributed by atoms with E-state index in [0.717, 1.165) is 26.2 Å². The molecule has 2 N–H and O–H groups in total. The molecule has 1 aliphatic rings. The molecule has 28 heavy (non-hydrogen) atoms. The van der Waals surface area contributed by atoms with Crippen molar-refractivity contribution in [2.24, 2.45) is 0 Å². The lowest BCUT2D eigenvalue weighted by molar-refractivity contribution is -0.682. The van der Waals surface area contributed by atoms with E-state index in [2.05, 4.69) is 83.9 Å². The van der Waals surface area contributed by atoms with E-state index in [9.17, 15) is 4.79 Å². The van der Waals surface area contributed by atoms with Crippen molar-refractivity contribution >= 4 is 22.4 Å². The van der Waals surface area contributed by atoms with Gasteiger partial charge >= 0.3 is 0 Å². The lowest BCUT2D eigenvalue weighted by atomic mass is 10.00. The van der Waals surface area contributed by atoms with Gasteiger partial charge in [-0.05, 0) is 29.8 Å². The van der Waals surface area contributed by atoms with Gasteiger partial charge < -0.3 is 15.1 Å². The highest BCUT2D eigenvalue weighted by molar-refractivity contribution is 5.86. The van der Waals surface area contributed by atoms with Crippen molar-refractivity contribution in [2.75, 3.05) is 37.6 Å². The Hall–Kier alpha value is -2.85. The number of hydrogen-bond acceptors (Lipinski definition) is 2. The molecule has 0 aromatic heterocycles. The fourth-order valence-corrected chi connectivity index (χ4v) is 4.03. The highest BCUT2D eigenvalue weighted by atomic mass is 16.2. The summed E-state index contributed by atoms with van der Waals surface area (Å²) in [6.45, 7) is 6.07. The molecule has 0 saturated carbocycles. The van der Waals surface area contributed by atoms with E-state index in [1.807, 2.05) is 11.0 Å². The second-order valence-corrected chi connectivity index (χ2v) is 7.50. The zero-order valence-electron chi connectivity index (χ0n) is 16.4. The highest BCUT2D eigenvalue weighted by Crippen LogP contribution is 2.22. The molecular formula is C24H28N3O+. The van der Waals surface area contributed by atoms with Crippen LogP contribution < -0.4 is 10.2 Å². The molecule has 3 aromatic rings. The quantitative estimate of drug-likeness (QED) is 0.746.